The topological polar surface area (TPSA) is 33.6 Å². The molecule has 0 aliphatic rings. The van der Waals surface area contributed by atoms with Gasteiger partial charge in [0.05, 0.1) is 37.0 Å². The van der Waals surface area contributed by atoms with Gasteiger partial charge in [0.15, 0.2) is 0 Å². The first-order chi connectivity index (χ1) is 10.9. The van der Waals surface area contributed by atoms with Crippen molar-refractivity contribution in [3.8, 4) is 5.75 Å². The van der Waals surface area contributed by atoms with Gasteiger partial charge in [0.1, 0.15) is 5.75 Å². The Morgan fingerprint density at radius 3 is 2.30 bits per heavy atom. The number of anilines is 1. The molecule has 3 nitrogen and oxygen atoms in total. The van der Waals surface area contributed by atoms with E-state index in [0.717, 1.165) is 25.9 Å². The van der Waals surface area contributed by atoms with Gasteiger partial charge in [-0.25, -0.2) is 0 Å². The molecule has 0 amide bonds. The van der Waals surface area contributed by atoms with Crippen molar-refractivity contribution in [2.24, 2.45) is 5.10 Å². The zero-order valence-electron chi connectivity index (χ0n) is 12.4. The van der Waals surface area contributed by atoms with E-state index in [-0.39, 0.29) is 6.10 Å². The summed E-state index contributed by atoms with van der Waals surface area (Å²) in [5.41, 5.74) is 4.58. The minimum absolute atomic E-state index is 0.0958. The van der Waals surface area contributed by atoms with E-state index in [4.69, 9.17) is 27.9 Å². The lowest BCUT2D eigenvalue weighted by Crippen LogP contribution is -2.06. The van der Waals surface area contributed by atoms with Crippen molar-refractivity contribution in [2.45, 2.75) is 20.0 Å². The largest absolute Gasteiger partial charge is 0.489 e. The van der Waals surface area contributed by atoms with Gasteiger partial charge in [-0.3, -0.25) is 5.43 Å². The molecule has 0 saturated carbocycles. The smallest absolute Gasteiger partial charge is 0.148 e. The van der Waals surface area contributed by atoms with Gasteiger partial charge in [-0.2, -0.15) is 5.10 Å². The van der Waals surface area contributed by atoms with Gasteiger partial charge in [-0.15, -0.1) is 0 Å². The van der Waals surface area contributed by atoms with E-state index < -0.39 is 0 Å². The van der Waals surface area contributed by atoms with Crippen LogP contribution in [0.3, 0.4) is 0 Å². The zero-order chi connectivity index (χ0) is 17.0. The Kier molecular flexibility index (Phi) is 6.77. The van der Waals surface area contributed by atoms with E-state index in [1.165, 1.54) is 0 Å². The van der Waals surface area contributed by atoms with Crippen LogP contribution in [0, 0.1) is 0 Å². The molecule has 2 aromatic rings. The van der Waals surface area contributed by atoms with Crippen molar-refractivity contribution >= 4 is 67.0 Å². The van der Waals surface area contributed by atoms with Crippen LogP contribution < -0.4 is 10.2 Å². The Morgan fingerprint density at radius 2 is 1.74 bits per heavy atom. The highest BCUT2D eigenvalue weighted by atomic mass is 79.9. The molecule has 0 spiro atoms. The van der Waals surface area contributed by atoms with Crippen LogP contribution in [0.25, 0.3) is 0 Å². The summed E-state index contributed by atoms with van der Waals surface area (Å²) in [5.74, 6) is 0.773. The van der Waals surface area contributed by atoms with Crippen LogP contribution in [0.1, 0.15) is 19.4 Å². The van der Waals surface area contributed by atoms with Crippen molar-refractivity contribution in [2.75, 3.05) is 5.43 Å². The van der Waals surface area contributed by atoms with Crippen LogP contribution in [0.2, 0.25) is 10.0 Å². The highest BCUT2D eigenvalue weighted by molar-refractivity contribution is 9.11. The Balaban J connectivity index is 2.12. The molecule has 0 aliphatic heterocycles. The second kappa shape index (κ2) is 8.38. The lowest BCUT2D eigenvalue weighted by molar-refractivity contribution is 0.239. The molecule has 0 heterocycles. The quantitative estimate of drug-likeness (QED) is 0.379. The van der Waals surface area contributed by atoms with Gasteiger partial charge in [-0.1, -0.05) is 23.2 Å². The zero-order valence-corrected chi connectivity index (χ0v) is 17.1. The normalized spacial score (nSPS) is 11.3. The van der Waals surface area contributed by atoms with Crippen LogP contribution in [-0.4, -0.2) is 12.3 Å². The Bertz CT molecular complexity index is 713. The summed E-state index contributed by atoms with van der Waals surface area (Å²) in [6, 6.07) is 9.10. The van der Waals surface area contributed by atoms with Gasteiger partial charge in [0.25, 0.3) is 0 Å². The molecule has 2 rings (SSSR count). The summed E-state index contributed by atoms with van der Waals surface area (Å²) < 4.78 is 7.46. The Morgan fingerprint density at radius 1 is 1.09 bits per heavy atom. The molecule has 7 heteroatoms. The van der Waals surface area contributed by atoms with Crippen LogP contribution in [-0.2, 0) is 0 Å². The Hall–Kier alpha value is -0.750. The van der Waals surface area contributed by atoms with Crippen molar-refractivity contribution in [3.05, 3.63) is 54.9 Å². The van der Waals surface area contributed by atoms with Crippen LogP contribution in [0.5, 0.6) is 5.75 Å². The fourth-order valence-corrected chi connectivity index (χ4v) is 3.46. The number of hydrogen-bond acceptors (Lipinski definition) is 3. The predicted octanol–water partition coefficient (Wildman–Crippen LogP) is 6.75. The average Bonchev–Trinajstić information content (AvgIpc) is 2.46. The van der Waals surface area contributed by atoms with Crippen LogP contribution in [0.15, 0.2) is 44.4 Å². The molecule has 0 atom stereocenters. The third-order valence-corrected chi connectivity index (χ3v) is 4.62. The van der Waals surface area contributed by atoms with E-state index in [0.29, 0.717) is 10.0 Å². The summed E-state index contributed by atoms with van der Waals surface area (Å²) >= 11 is 18.9. The summed E-state index contributed by atoms with van der Waals surface area (Å²) in [6.45, 7) is 3.96. The monoisotopic (exact) mass is 478 g/mol. The molecule has 0 aromatic heterocycles. The number of nitrogens with zero attached hydrogens (tertiary/aromatic N) is 1. The molecular formula is C16H14Br2Cl2N2O. The third-order valence-electron chi connectivity index (χ3n) is 2.70. The van der Waals surface area contributed by atoms with Crippen molar-refractivity contribution in [1.29, 1.82) is 0 Å². The van der Waals surface area contributed by atoms with Crippen molar-refractivity contribution < 1.29 is 4.74 Å². The summed E-state index contributed by atoms with van der Waals surface area (Å²) in [6.07, 6.45) is 1.80. The first-order valence-electron chi connectivity index (χ1n) is 6.76. The number of rotatable bonds is 5. The van der Waals surface area contributed by atoms with Gasteiger partial charge < -0.3 is 4.74 Å². The van der Waals surface area contributed by atoms with Crippen molar-refractivity contribution in [3.63, 3.8) is 0 Å². The lowest BCUT2D eigenvalue weighted by Gasteiger charge is -2.13. The van der Waals surface area contributed by atoms with Gasteiger partial charge in [0, 0.05) is 0 Å². The maximum Gasteiger partial charge on any atom is 0.148 e. The molecule has 0 bridgehead atoms. The number of hydrazone groups is 1. The second-order valence-electron chi connectivity index (χ2n) is 4.98. The highest BCUT2D eigenvalue weighted by Crippen LogP contribution is 2.35. The number of benzene rings is 2. The molecule has 0 saturated heterocycles. The lowest BCUT2D eigenvalue weighted by atomic mass is 10.2. The fourth-order valence-electron chi connectivity index (χ4n) is 1.75. The van der Waals surface area contributed by atoms with Crippen molar-refractivity contribution in [1.82, 2.24) is 0 Å². The molecule has 1 N–H and O–H groups in total. The highest BCUT2D eigenvalue weighted by Gasteiger charge is 2.09. The molecule has 0 radical (unpaired) electrons. The standard InChI is InChI=1S/C16H14Br2Cl2N2O/c1-9(2)23-16-12(17)5-10(6-13(16)18)8-21-22-11-3-4-14(19)15(20)7-11/h3-9,22H,1-2H3. The number of ether oxygens (including phenoxy) is 1. The summed E-state index contributed by atoms with van der Waals surface area (Å²) in [4.78, 5) is 0. The fraction of sp³-hybridized carbons (Fsp3) is 0.188. The van der Waals surface area contributed by atoms with E-state index >= 15 is 0 Å². The number of halogens is 4. The SMILES string of the molecule is CC(C)Oc1c(Br)cc(C=NNc2ccc(Cl)c(Cl)c2)cc1Br. The molecule has 2 aromatic carbocycles. The van der Waals surface area contributed by atoms with E-state index in [1.54, 1.807) is 24.4 Å². The minimum atomic E-state index is 0.0958. The van der Waals surface area contributed by atoms with E-state index in [9.17, 15) is 0 Å². The number of hydrogen-bond donors (Lipinski definition) is 1. The van der Waals surface area contributed by atoms with E-state index in [2.05, 4.69) is 42.4 Å². The van der Waals surface area contributed by atoms with Gasteiger partial charge in [0.2, 0.25) is 0 Å². The van der Waals surface area contributed by atoms with Gasteiger partial charge >= 0.3 is 0 Å². The number of nitrogens with one attached hydrogen (secondary N) is 1. The third kappa shape index (κ3) is 5.38. The molecule has 0 aliphatic carbocycles. The van der Waals surface area contributed by atoms with Crippen LogP contribution >= 0.6 is 55.1 Å². The molecule has 122 valence electrons. The average molecular weight is 481 g/mol. The summed E-state index contributed by atoms with van der Waals surface area (Å²) in [5, 5.41) is 5.18. The second-order valence-corrected chi connectivity index (χ2v) is 7.50. The first-order valence-corrected chi connectivity index (χ1v) is 9.11. The molecule has 23 heavy (non-hydrogen) atoms. The van der Waals surface area contributed by atoms with E-state index in [1.807, 2.05) is 26.0 Å². The first kappa shape index (κ1) is 18.6. The van der Waals surface area contributed by atoms with Gasteiger partial charge in [-0.05, 0) is 81.6 Å². The predicted molar refractivity (Wildman–Crippen MR) is 105 cm³/mol. The van der Waals surface area contributed by atoms with Crippen LogP contribution in [0.4, 0.5) is 5.69 Å². The molecule has 0 fully saturated rings. The maximum atomic E-state index is 5.96. The maximum absolute atomic E-state index is 5.96. The molecular weight excluding hydrogens is 467 g/mol. The molecule has 0 unspecified atom stereocenters. The minimum Gasteiger partial charge on any atom is -0.489 e. The summed E-state index contributed by atoms with van der Waals surface area (Å²) in [7, 11) is 0. The Labute approximate surface area is 162 Å².